The van der Waals surface area contributed by atoms with Gasteiger partial charge in [0.25, 0.3) is 0 Å². The second kappa shape index (κ2) is 7.12. The van der Waals surface area contributed by atoms with Gasteiger partial charge >= 0.3 is 0 Å². The quantitative estimate of drug-likeness (QED) is 0.831. The lowest BCUT2D eigenvalue weighted by atomic mass is 9.97. The van der Waals surface area contributed by atoms with Crippen molar-refractivity contribution in [3.63, 3.8) is 0 Å². The Labute approximate surface area is 125 Å². The Bertz CT molecular complexity index is 678. The van der Waals surface area contributed by atoms with E-state index in [1.807, 2.05) is 43.3 Å². The van der Waals surface area contributed by atoms with Gasteiger partial charge in [-0.2, -0.15) is 10.5 Å². The SMILES string of the molecule is Cc1ccccc1OCCC(C#N)c1ccc(C#N)cc1. The average Bonchev–Trinajstić information content (AvgIpc) is 2.53. The predicted molar refractivity (Wildman–Crippen MR) is 80.8 cm³/mol. The largest absolute Gasteiger partial charge is 0.493 e. The molecular weight excluding hydrogens is 260 g/mol. The Morgan fingerprint density at radius 3 is 2.38 bits per heavy atom. The molecule has 0 aliphatic heterocycles. The van der Waals surface area contributed by atoms with Crippen LogP contribution in [0.5, 0.6) is 5.75 Å². The first kappa shape index (κ1) is 14.6. The Morgan fingerprint density at radius 2 is 1.76 bits per heavy atom. The van der Waals surface area contributed by atoms with Crippen LogP contribution in [-0.2, 0) is 0 Å². The lowest BCUT2D eigenvalue weighted by molar-refractivity contribution is 0.304. The molecule has 0 N–H and O–H groups in total. The minimum absolute atomic E-state index is 0.221. The van der Waals surface area contributed by atoms with Crippen LogP contribution >= 0.6 is 0 Å². The third kappa shape index (κ3) is 3.84. The fourth-order valence-corrected chi connectivity index (χ4v) is 2.10. The van der Waals surface area contributed by atoms with E-state index in [0.717, 1.165) is 16.9 Å². The molecule has 0 aliphatic rings. The summed E-state index contributed by atoms with van der Waals surface area (Å²) in [6, 6.07) is 19.3. The monoisotopic (exact) mass is 276 g/mol. The number of ether oxygens (including phenoxy) is 1. The highest BCUT2D eigenvalue weighted by atomic mass is 16.5. The van der Waals surface area contributed by atoms with E-state index in [0.29, 0.717) is 18.6 Å². The van der Waals surface area contributed by atoms with E-state index in [2.05, 4.69) is 12.1 Å². The number of hydrogen-bond acceptors (Lipinski definition) is 3. The maximum Gasteiger partial charge on any atom is 0.122 e. The Kier molecular flexibility index (Phi) is 4.96. The number of nitrogens with zero attached hydrogens (tertiary/aromatic N) is 2. The van der Waals surface area contributed by atoms with E-state index in [9.17, 15) is 5.26 Å². The van der Waals surface area contributed by atoms with Crippen molar-refractivity contribution in [2.75, 3.05) is 6.61 Å². The first-order valence-corrected chi connectivity index (χ1v) is 6.82. The second-order valence-electron chi connectivity index (χ2n) is 4.82. The summed E-state index contributed by atoms with van der Waals surface area (Å²) in [7, 11) is 0. The molecule has 2 aromatic carbocycles. The molecule has 3 heteroatoms. The summed E-state index contributed by atoms with van der Waals surface area (Å²) in [5.41, 5.74) is 2.61. The Balaban J connectivity index is 1.95. The Morgan fingerprint density at radius 1 is 1.05 bits per heavy atom. The zero-order valence-corrected chi connectivity index (χ0v) is 11.9. The first-order chi connectivity index (χ1) is 10.2. The standard InChI is InChI=1S/C18H16N2O/c1-14-4-2-3-5-18(14)21-11-10-17(13-20)16-8-6-15(12-19)7-9-16/h2-9,17H,10-11H2,1H3. The van der Waals surface area contributed by atoms with Gasteiger partial charge in [-0.15, -0.1) is 0 Å². The van der Waals surface area contributed by atoms with Gasteiger partial charge in [0.2, 0.25) is 0 Å². The van der Waals surface area contributed by atoms with Crippen molar-refractivity contribution in [2.45, 2.75) is 19.3 Å². The summed E-state index contributed by atoms with van der Waals surface area (Å²) in [5.74, 6) is 0.635. The summed E-state index contributed by atoms with van der Waals surface area (Å²) in [6.07, 6.45) is 0.622. The number of rotatable bonds is 5. The smallest absolute Gasteiger partial charge is 0.122 e. The van der Waals surface area contributed by atoms with Crippen LogP contribution < -0.4 is 4.74 Å². The van der Waals surface area contributed by atoms with Crippen molar-refractivity contribution in [2.24, 2.45) is 0 Å². The third-order valence-corrected chi connectivity index (χ3v) is 3.36. The summed E-state index contributed by atoms with van der Waals surface area (Å²) in [6.45, 7) is 2.49. The molecule has 0 saturated heterocycles. The first-order valence-electron chi connectivity index (χ1n) is 6.82. The van der Waals surface area contributed by atoms with Crippen molar-refractivity contribution < 1.29 is 4.74 Å². The number of para-hydroxylation sites is 1. The molecule has 1 atom stereocenters. The molecule has 0 fully saturated rings. The van der Waals surface area contributed by atoms with Crippen LogP contribution in [0.25, 0.3) is 0 Å². The summed E-state index contributed by atoms with van der Waals surface area (Å²) >= 11 is 0. The highest BCUT2D eigenvalue weighted by Crippen LogP contribution is 2.21. The summed E-state index contributed by atoms with van der Waals surface area (Å²) in [5, 5.41) is 18.1. The highest BCUT2D eigenvalue weighted by molar-refractivity contribution is 5.35. The van der Waals surface area contributed by atoms with Gasteiger partial charge in [-0.25, -0.2) is 0 Å². The van der Waals surface area contributed by atoms with Crippen LogP contribution in [0.3, 0.4) is 0 Å². The molecule has 0 bridgehead atoms. The second-order valence-corrected chi connectivity index (χ2v) is 4.82. The van der Waals surface area contributed by atoms with Crippen molar-refractivity contribution >= 4 is 0 Å². The molecule has 2 aromatic rings. The lowest BCUT2D eigenvalue weighted by Gasteiger charge is -2.12. The van der Waals surface area contributed by atoms with Crippen molar-refractivity contribution in [1.29, 1.82) is 10.5 Å². The molecule has 0 spiro atoms. The third-order valence-electron chi connectivity index (χ3n) is 3.36. The number of benzene rings is 2. The maximum atomic E-state index is 9.29. The van der Waals surface area contributed by atoms with Crippen LogP contribution in [0.2, 0.25) is 0 Å². The van der Waals surface area contributed by atoms with Gasteiger partial charge < -0.3 is 4.74 Å². The summed E-state index contributed by atoms with van der Waals surface area (Å²) < 4.78 is 5.73. The number of aryl methyl sites for hydroxylation is 1. The zero-order valence-electron chi connectivity index (χ0n) is 11.9. The van der Waals surface area contributed by atoms with Crippen LogP contribution in [0.15, 0.2) is 48.5 Å². The van der Waals surface area contributed by atoms with Gasteiger partial charge in [0.1, 0.15) is 5.75 Å². The molecule has 104 valence electrons. The highest BCUT2D eigenvalue weighted by Gasteiger charge is 2.11. The summed E-state index contributed by atoms with van der Waals surface area (Å²) in [4.78, 5) is 0. The maximum absolute atomic E-state index is 9.29. The van der Waals surface area contributed by atoms with Crippen LogP contribution in [0.4, 0.5) is 0 Å². The van der Waals surface area contributed by atoms with Gasteiger partial charge in [-0.1, -0.05) is 30.3 Å². The molecule has 0 aromatic heterocycles. The van der Waals surface area contributed by atoms with Gasteiger partial charge in [-0.05, 0) is 36.2 Å². The van der Waals surface area contributed by atoms with Crippen molar-refractivity contribution in [3.8, 4) is 17.9 Å². The van der Waals surface area contributed by atoms with Gasteiger partial charge in [0.05, 0.1) is 30.2 Å². The normalized spacial score (nSPS) is 11.2. The van der Waals surface area contributed by atoms with Crippen molar-refractivity contribution in [1.82, 2.24) is 0 Å². The van der Waals surface area contributed by atoms with Gasteiger partial charge in [-0.3, -0.25) is 0 Å². The van der Waals surface area contributed by atoms with E-state index in [-0.39, 0.29) is 5.92 Å². The minimum Gasteiger partial charge on any atom is -0.493 e. The molecule has 0 heterocycles. The lowest BCUT2D eigenvalue weighted by Crippen LogP contribution is -2.05. The van der Waals surface area contributed by atoms with E-state index in [4.69, 9.17) is 10.00 Å². The van der Waals surface area contributed by atoms with E-state index in [1.54, 1.807) is 12.1 Å². The molecule has 0 aliphatic carbocycles. The van der Waals surface area contributed by atoms with E-state index in [1.165, 1.54) is 0 Å². The van der Waals surface area contributed by atoms with E-state index >= 15 is 0 Å². The predicted octanol–water partition coefficient (Wildman–Crippen LogP) is 3.94. The number of nitriles is 2. The molecule has 0 radical (unpaired) electrons. The minimum atomic E-state index is -0.221. The van der Waals surface area contributed by atoms with Crippen LogP contribution in [0, 0.1) is 29.6 Å². The average molecular weight is 276 g/mol. The zero-order chi connectivity index (χ0) is 15.1. The number of hydrogen-bond donors (Lipinski definition) is 0. The molecule has 2 rings (SSSR count). The van der Waals surface area contributed by atoms with Crippen LogP contribution in [-0.4, -0.2) is 6.61 Å². The fourth-order valence-electron chi connectivity index (χ4n) is 2.10. The fraction of sp³-hybridized carbons (Fsp3) is 0.222. The van der Waals surface area contributed by atoms with Gasteiger partial charge in [0.15, 0.2) is 0 Å². The molecular formula is C18H16N2O. The molecule has 21 heavy (non-hydrogen) atoms. The van der Waals surface area contributed by atoms with E-state index < -0.39 is 0 Å². The van der Waals surface area contributed by atoms with Crippen molar-refractivity contribution in [3.05, 3.63) is 65.2 Å². The molecule has 3 nitrogen and oxygen atoms in total. The molecule has 0 amide bonds. The molecule has 0 saturated carbocycles. The van der Waals surface area contributed by atoms with Crippen LogP contribution in [0.1, 0.15) is 29.0 Å². The van der Waals surface area contributed by atoms with Gasteiger partial charge in [0, 0.05) is 6.42 Å². The molecule has 1 unspecified atom stereocenters. The topological polar surface area (TPSA) is 56.8 Å². The Hall–Kier alpha value is -2.78.